The first-order chi connectivity index (χ1) is 13.5. The Kier molecular flexibility index (Phi) is 11.4. The van der Waals surface area contributed by atoms with Crippen LogP contribution in [0.25, 0.3) is 0 Å². The van der Waals surface area contributed by atoms with Gasteiger partial charge in [0.15, 0.2) is 5.82 Å². The van der Waals surface area contributed by atoms with E-state index in [0.29, 0.717) is 30.2 Å². The van der Waals surface area contributed by atoms with Crippen molar-refractivity contribution in [3.63, 3.8) is 0 Å². The van der Waals surface area contributed by atoms with Gasteiger partial charge in [0.05, 0.1) is 24.7 Å². The molecule has 0 amide bonds. The Bertz CT molecular complexity index is 636. The van der Waals surface area contributed by atoms with Gasteiger partial charge in [0.1, 0.15) is 0 Å². The molecule has 0 aromatic carbocycles. The Morgan fingerprint density at radius 1 is 1.29 bits per heavy atom. The molecule has 7 nitrogen and oxygen atoms in total. The van der Waals surface area contributed by atoms with Crippen LogP contribution in [0.5, 0.6) is 0 Å². The molecule has 1 saturated carbocycles. The van der Waals surface area contributed by atoms with Gasteiger partial charge in [-0.15, -0.1) is 0 Å². The van der Waals surface area contributed by atoms with Crippen LogP contribution in [-0.4, -0.2) is 33.9 Å². The number of nitrogens with zero attached hydrogens (tertiary/aromatic N) is 2. The van der Waals surface area contributed by atoms with Crippen molar-refractivity contribution in [2.45, 2.75) is 65.0 Å². The summed E-state index contributed by atoms with van der Waals surface area (Å²) in [5.41, 5.74) is 7.45. The van der Waals surface area contributed by atoms with Crippen LogP contribution in [0, 0.1) is 0 Å². The number of nitrogen functional groups attached to an aromatic ring is 1. The number of anilines is 3. The van der Waals surface area contributed by atoms with Gasteiger partial charge >= 0.3 is 0 Å². The molecule has 1 aliphatic carbocycles. The zero-order valence-corrected chi connectivity index (χ0v) is 17.4. The van der Waals surface area contributed by atoms with E-state index in [2.05, 4.69) is 46.3 Å². The second-order valence-corrected chi connectivity index (χ2v) is 6.86. The SMILES string of the molecule is C=C/C=C\C=C(/C)NCNc1nc(NC2CCC(O)CC2)ncc1N.CCC. The quantitative estimate of drug-likeness (QED) is 0.340. The predicted molar refractivity (Wildman–Crippen MR) is 119 cm³/mol. The Labute approximate surface area is 169 Å². The van der Waals surface area contributed by atoms with Crippen molar-refractivity contribution < 1.29 is 5.11 Å². The molecule has 0 atom stereocenters. The molecule has 1 heterocycles. The maximum atomic E-state index is 9.58. The highest BCUT2D eigenvalue weighted by Crippen LogP contribution is 2.22. The fraction of sp³-hybridized carbons (Fsp3) is 0.524. The van der Waals surface area contributed by atoms with Gasteiger partial charge in [-0.2, -0.15) is 4.98 Å². The van der Waals surface area contributed by atoms with Crippen LogP contribution in [-0.2, 0) is 0 Å². The molecule has 0 unspecified atom stereocenters. The third kappa shape index (κ3) is 9.41. The highest BCUT2D eigenvalue weighted by atomic mass is 16.3. The Morgan fingerprint density at radius 2 is 1.96 bits per heavy atom. The molecular weight excluding hydrogens is 352 g/mol. The van der Waals surface area contributed by atoms with Crippen molar-refractivity contribution in [2.75, 3.05) is 23.0 Å². The van der Waals surface area contributed by atoms with Crippen molar-refractivity contribution in [3.05, 3.63) is 42.8 Å². The minimum absolute atomic E-state index is 0.175. The van der Waals surface area contributed by atoms with E-state index in [9.17, 15) is 5.11 Å². The minimum atomic E-state index is -0.175. The largest absolute Gasteiger partial charge is 0.394 e. The lowest BCUT2D eigenvalue weighted by Gasteiger charge is -2.26. The average Bonchev–Trinajstić information content (AvgIpc) is 2.67. The number of aliphatic hydroxyl groups excluding tert-OH is 1. The van der Waals surface area contributed by atoms with Gasteiger partial charge in [0, 0.05) is 11.7 Å². The molecular formula is C21H36N6O. The summed E-state index contributed by atoms with van der Waals surface area (Å²) in [5, 5.41) is 19.3. The number of aliphatic hydroxyl groups is 1. The summed E-state index contributed by atoms with van der Waals surface area (Å²) in [6, 6.07) is 0.292. The lowest BCUT2D eigenvalue weighted by atomic mass is 9.93. The molecule has 2 rings (SSSR count). The Balaban J connectivity index is 0.00000122. The topological polar surface area (TPSA) is 108 Å². The van der Waals surface area contributed by atoms with Crippen LogP contribution in [0.2, 0.25) is 0 Å². The number of aromatic nitrogens is 2. The first-order valence-corrected chi connectivity index (χ1v) is 10.0. The van der Waals surface area contributed by atoms with Crippen LogP contribution in [0.1, 0.15) is 52.9 Å². The summed E-state index contributed by atoms with van der Waals surface area (Å²) < 4.78 is 0. The molecule has 0 saturated heterocycles. The van der Waals surface area contributed by atoms with E-state index in [1.54, 1.807) is 12.3 Å². The van der Waals surface area contributed by atoms with Gasteiger partial charge in [-0.05, 0) is 38.7 Å². The van der Waals surface area contributed by atoms with Crippen LogP contribution in [0.4, 0.5) is 17.5 Å². The standard InChI is InChI=1S/C18H28N6O.C3H8/c1-3-4-5-6-13(2)21-12-22-17-16(19)11-20-18(24-17)23-14-7-9-15(25)10-8-14;1-3-2/h3-6,11,14-15,21,25H,1,7-10,12,19H2,2H3,(H2,20,22,23,24);3H2,1-2H3/b5-4-,13-6+;. The third-order valence-corrected chi connectivity index (χ3v) is 4.06. The average molecular weight is 389 g/mol. The smallest absolute Gasteiger partial charge is 0.224 e. The van der Waals surface area contributed by atoms with Crippen LogP contribution in [0.3, 0.4) is 0 Å². The van der Waals surface area contributed by atoms with E-state index in [-0.39, 0.29) is 6.10 Å². The number of nitrogens with two attached hydrogens (primary N) is 1. The number of hydrogen-bond donors (Lipinski definition) is 5. The molecule has 0 aliphatic heterocycles. The lowest BCUT2D eigenvalue weighted by molar-refractivity contribution is 0.126. The highest BCUT2D eigenvalue weighted by Gasteiger charge is 2.20. The summed E-state index contributed by atoms with van der Waals surface area (Å²) in [5.74, 6) is 1.15. The molecule has 156 valence electrons. The molecule has 6 N–H and O–H groups in total. The summed E-state index contributed by atoms with van der Waals surface area (Å²) in [6.45, 7) is 10.4. The van der Waals surface area contributed by atoms with Gasteiger partial charge < -0.3 is 26.8 Å². The number of allylic oxidation sites excluding steroid dienone is 5. The van der Waals surface area contributed by atoms with Crippen LogP contribution >= 0.6 is 0 Å². The summed E-state index contributed by atoms with van der Waals surface area (Å²) in [7, 11) is 0. The van der Waals surface area contributed by atoms with Crippen molar-refractivity contribution in [1.82, 2.24) is 15.3 Å². The second kappa shape index (κ2) is 13.6. The summed E-state index contributed by atoms with van der Waals surface area (Å²) in [6.07, 6.45) is 13.6. The van der Waals surface area contributed by atoms with Crippen molar-refractivity contribution >= 4 is 17.5 Å². The van der Waals surface area contributed by atoms with Gasteiger partial charge in [-0.1, -0.05) is 45.1 Å². The highest BCUT2D eigenvalue weighted by molar-refractivity contribution is 5.61. The third-order valence-electron chi connectivity index (χ3n) is 4.06. The maximum Gasteiger partial charge on any atom is 0.224 e. The first-order valence-electron chi connectivity index (χ1n) is 10.0. The molecule has 0 radical (unpaired) electrons. The molecule has 0 spiro atoms. The number of nitrogens with one attached hydrogen (secondary N) is 3. The summed E-state index contributed by atoms with van der Waals surface area (Å²) >= 11 is 0. The van der Waals surface area contributed by atoms with Crippen molar-refractivity contribution in [3.8, 4) is 0 Å². The van der Waals surface area contributed by atoms with Gasteiger partial charge in [0.25, 0.3) is 0 Å². The number of rotatable bonds is 8. The van der Waals surface area contributed by atoms with Crippen molar-refractivity contribution in [2.24, 2.45) is 0 Å². The normalized spacial score (nSPS) is 19.5. The van der Waals surface area contributed by atoms with E-state index in [4.69, 9.17) is 5.73 Å². The van der Waals surface area contributed by atoms with Gasteiger partial charge in [-0.3, -0.25) is 0 Å². The monoisotopic (exact) mass is 388 g/mol. The lowest BCUT2D eigenvalue weighted by Crippen LogP contribution is -2.29. The van der Waals surface area contributed by atoms with Gasteiger partial charge in [0.2, 0.25) is 5.95 Å². The molecule has 0 bridgehead atoms. The van der Waals surface area contributed by atoms with E-state index in [1.165, 1.54) is 6.42 Å². The first kappa shape index (κ1) is 23.5. The maximum absolute atomic E-state index is 9.58. The molecule has 7 heteroatoms. The predicted octanol–water partition coefficient (Wildman–Crippen LogP) is 3.80. The Hall–Kier alpha value is -2.54. The molecule has 1 aromatic rings. The van der Waals surface area contributed by atoms with E-state index in [1.807, 2.05) is 25.2 Å². The minimum Gasteiger partial charge on any atom is -0.394 e. The van der Waals surface area contributed by atoms with Gasteiger partial charge in [-0.25, -0.2) is 4.98 Å². The number of hydrogen-bond acceptors (Lipinski definition) is 7. The second-order valence-electron chi connectivity index (χ2n) is 6.86. The fourth-order valence-electron chi connectivity index (χ4n) is 2.61. The molecule has 1 aromatic heterocycles. The zero-order chi connectivity index (χ0) is 20.8. The van der Waals surface area contributed by atoms with E-state index < -0.39 is 0 Å². The van der Waals surface area contributed by atoms with E-state index in [0.717, 1.165) is 31.4 Å². The van der Waals surface area contributed by atoms with Crippen LogP contribution < -0.4 is 21.7 Å². The molecule has 1 fully saturated rings. The molecule has 28 heavy (non-hydrogen) atoms. The van der Waals surface area contributed by atoms with Crippen LogP contribution in [0.15, 0.2) is 42.8 Å². The van der Waals surface area contributed by atoms with Crippen molar-refractivity contribution in [1.29, 1.82) is 0 Å². The van der Waals surface area contributed by atoms with E-state index >= 15 is 0 Å². The molecule has 1 aliphatic rings. The fourth-order valence-corrected chi connectivity index (χ4v) is 2.61. The Morgan fingerprint density at radius 3 is 2.61 bits per heavy atom. The summed E-state index contributed by atoms with van der Waals surface area (Å²) in [4.78, 5) is 8.70. The zero-order valence-electron chi connectivity index (χ0n) is 17.4.